The normalized spacial score (nSPS) is 16.2. The van der Waals surface area contributed by atoms with Crippen LogP contribution in [0.3, 0.4) is 0 Å². The Hall–Kier alpha value is -1.49. The maximum absolute atomic E-state index is 8.78. The summed E-state index contributed by atoms with van der Waals surface area (Å²) in [5.41, 5.74) is 1.95. The first-order valence-corrected chi connectivity index (χ1v) is 7.01. The van der Waals surface area contributed by atoms with Gasteiger partial charge < -0.3 is 4.90 Å². The minimum atomic E-state index is 0.736. The molecule has 1 aromatic carbocycles. The minimum Gasteiger partial charge on any atom is -0.375 e. The van der Waals surface area contributed by atoms with Crippen molar-refractivity contribution in [3.05, 3.63) is 29.8 Å². The van der Waals surface area contributed by atoms with E-state index in [-0.39, 0.29) is 0 Å². The molecule has 1 fully saturated rings. The molecule has 1 aromatic rings. The molecule has 0 radical (unpaired) electrons. The zero-order valence-corrected chi connectivity index (χ0v) is 11.2. The van der Waals surface area contributed by atoms with Crippen molar-refractivity contribution < 1.29 is 0 Å². The largest absolute Gasteiger partial charge is 0.375 e. The summed E-state index contributed by atoms with van der Waals surface area (Å²) in [6.07, 6.45) is 8.41. The van der Waals surface area contributed by atoms with Gasteiger partial charge in [-0.05, 0) is 36.6 Å². The average Bonchev–Trinajstić information content (AvgIpc) is 2.46. The maximum Gasteiger partial charge on any atom is 0.0991 e. The summed E-state index contributed by atoms with van der Waals surface area (Å²) in [6, 6.07) is 10.0. The number of nitrogens with zero attached hydrogens (tertiary/aromatic N) is 2. The lowest BCUT2D eigenvalue weighted by Crippen LogP contribution is -2.21. The van der Waals surface area contributed by atoms with Crippen LogP contribution in [0.1, 0.15) is 44.1 Å². The van der Waals surface area contributed by atoms with Gasteiger partial charge in [0.05, 0.1) is 11.6 Å². The van der Waals surface area contributed by atoms with E-state index in [0.717, 1.165) is 18.0 Å². The van der Waals surface area contributed by atoms with Gasteiger partial charge in [0.1, 0.15) is 0 Å². The first-order valence-electron chi connectivity index (χ1n) is 7.01. The fraction of sp³-hybridized carbons (Fsp3) is 0.562. The highest BCUT2D eigenvalue weighted by Gasteiger charge is 2.13. The summed E-state index contributed by atoms with van der Waals surface area (Å²) in [5, 5.41) is 8.78. The zero-order valence-electron chi connectivity index (χ0n) is 11.2. The Bertz CT molecular complexity index is 396. The number of nitriles is 1. The Morgan fingerprint density at radius 1 is 1.17 bits per heavy atom. The lowest BCUT2D eigenvalue weighted by molar-refractivity contribution is 0.341. The molecule has 0 aromatic heterocycles. The van der Waals surface area contributed by atoms with E-state index in [1.54, 1.807) is 0 Å². The maximum atomic E-state index is 8.78. The predicted octanol–water partition coefficient (Wildman–Crippen LogP) is 3.96. The molecule has 0 N–H and O–H groups in total. The van der Waals surface area contributed by atoms with Crippen molar-refractivity contribution in [3.63, 3.8) is 0 Å². The molecule has 0 atom stereocenters. The van der Waals surface area contributed by atoms with Gasteiger partial charge in [0.2, 0.25) is 0 Å². The van der Waals surface area contributed by atoms with Crippen molar-refractivity contribution in [3.8, 4) is 6.07 Å². The number of hydrogen-bond acceptors (Lipinski definition) is 2. The highest BCUT2D eigenvalue weighted by molar-refractivity contribution is 5.48. The lowest BCUT2D eigenvalue weighted by Gasteiger charge is -2.25. The number of benzene rings is 1. The lowest BCUT2D eigenvalue weighted by atomic mass is 9.87. The summed E-state index contributed by atoms with van der Waals surface area (Å²) < 4.78 is 0. The zero-order chi connectivity index (χ0) is 12.8. The van der Waals surface area contributed by atoms with E-state index < -0.39 is 0 Å². The first kappa shape index (κ1) is 13.0. The second-order valence-electron chi connectivity index (χ2n) is 5.37. The number of anilines is 1. The van der Waals surface area contributed by atoms with E-state index >= 15 is 0 Å². The Morgan fingerprint density at radius 3 is 2.44 bits per heavy atom. The molecule has 0 aliphatic heterocycles. The third-order valence-corrected chi connectivity index (χ3v) is 4.03. The molecule has 2 rings (SSSR count). The first-order chi connectivity index (χ1) is 8.79. The molecule has 2 heteroatoms. The molecule has 2 nitrogen and oxygen atoms in total. The molecule has 0 saturated heterocycles. The quantitative estimate of drug-likeness (QED) is 0.799. The third-order valence-electron chi connectivity index (χ3n) is 4.03. The van der Waals surface area contributed by atoms with Crippen LogP contribution in [0.25, 0.3) is 0 Å². The molecule has 0 amide bonds. The van der Waals surface area contributed by atoms with Crippen molar-refractivity contribution in [2.45, 2.75) is 38.5 Å². The predicted molar refractivity (Wildman–Crippen MR) is 75.6 cm³/mol. The van der Waals surface area contributed by atoms with Crippen molar-refractivity contribution in [2.24, 2.45) is 5.92 Å². The van der Waals surface area contributed by atoms with Crippen LogP contribution in [0, 0.1) is 17.2 Å². The van der Waals surface area contributed by atoms with Crippen LogP contribution in [-0.2, 0) is 0 Å². The molecule has 0 heterocycles. The summed E-state index contributed by atoms with van der Waals surface area (Å²) >= 11 is 0. The Kier molecular flexibility index (Phi) is 4.64. The van der Waals surface area contributed by atoms with Gasteiger partial charge in [-0.25, -0.2) is 0 Å². The molecular weight excluding hydrogens is 220 g/mol. The van der Waals surface area contributed by atoms with Gasteiger partial charge >= 0.3 is 0 Å². The second-order valence-corrected chi connectivity index (χ2v) is 5.37. The fourth-order valence-electron chi connectivity index (χ4n) is 2.77. The molecule has 96 valence electrons. The van der Waals surface area contributed by atoms with Gasteiger partial charge in [0.15, 0.2) is 0 Å². The monoisotopic (exact) mass is 242 g/mol. The molecule has 1 saturated carbocycles. The SMILES string of the molecule is CN(CCC1CCCCC1)c1ccc(C#N)cc1. The highest BCUT2D eigenvalue weighted by atomic mass is 15.1. The van der Waals surface area contributed by atoms with E-state index in [2.05, 4.69) is 18.0 Å². The average molecular weight is 242 g/mol. The highest BCUT2D eigenvalue weighted by Crippen LogP contribution is 2.27. The van der Waals surface area contributed by atoms with Gasteiger partial charge in [0.25, 0.3) is 0 Å². The number of hydrogen-bond donors (Lipinski definition) is 0. The van der Waals surface area contributed by atoms with Crippen molar-refractivity contribution in [1.29, 1.82) is 5.26 Å². The van der Waals surface area contributed by atoms with E-state index in [4.69, 9.17) is 5.26 Å². The van der Waals surface area contributed by atoms with Crippen LogP contribution in [0.4, 0.5) is 5.69 Å². The van der Waals surface area contributed by atoms with E-state index in [1.165, 1.54) is 44.2 Å². The fourth-order valence-corrected chi connectivity index (χ4v) is 2.77. The van der Waals surface area contributed by atoms with Gasteiger partial charge in [-0.3, -0.25) is 0 Å². The molecular formula is C16H22N2. The molecule has 0 spiro atoms. The van der Waals surface area contributed by atoms with Crippen LogP contribution in [0.15, 0.2) is 24.3 Å². The smallest absolute Gasteiger partial charge is 0.0991 e. The second kappa shape index (κ2) is 6.44. The van der Waals surface area contributed by atoms with Crippen LogP contribution in [0.5, 0.6) is 0 Å². The van der Waals surface area contributed by atoms with Crippen LogP contribution >= 0.6 is 0 Å². The summed E-state index contributed by atoms with van der Waals surface area (Å²) in [6.45, 7) is 1.12. The molecule has 18 heavy (non-hydrogen) atoms. The summed E-state index contributed by atoms with van der Waals surface area (Å²) in [4.78, 5) is 2.30. The van der Waals surface area contributed by atoms with Gasteiger partial charge in [-0.1, -0.05) is 32.1 Å². The van der Waals surface area contributed by atoms with Crippen molar-refractivity contribution in [1.82, 2.24) is 0 Å². The third kappa shape index (κ3) is 3.50. The Morgan fingerprint density at radius 2 is 1.83 bits per heavy atom. The van der Waals surface area contributed by atoms with Gasteiger partial charge in [-0.2, -0.15) is 5.26 Å². The topological polar surface area (TPSA) is 27.0 Å². The van der Waals surface area contributed by atoms with Crippen LogP contribution in [0.2, 0.25) is 0 Å². The van der Waals surface area contributed by atoms with Gasteiger partial charge in [-0.15, -0.1) is 0 Å². The Balaban J connectivity index is 1.83. The molecule has 0 bridgehead atoms. The van der Waals surface area contributed by atoms with Crippen molar-refractivity contribution in [2.75, 3.05) is 18.5 Å². The van der Waals surface area contributed by atoms with E-state index in [0.29, 0.717) is 0 Å². The van der Waals surface area contributed by atoms with Crippen LogP contribution in [-0.4, -0.2) is 13.6 Å². The summed E-state index contributed by atoms with van der Waals surface area (Å²) in [5.74, 6) is 0.930. The Labute approximate surface area is 110 Å². The van der Waals surface area contributed by atoms with E-state index in [9.17, 15) is 0 Å². The minimum absolute atomic E-state index is 0.736. The molecule has 1 aliphatic carbocycles. The van der Waals surface area contributed by atoms with Crippen LogP contribution < -0.4 is 4.90 Å². The molecule has 1 aliphatic rings. The van der Waals surface area contributed by atoms with Gasteiger partial charge in [0, 0.05) is 19.3 Å². The molecule has 0 unspecified atom stereocenters. The van der Waals surface area contributed by atoms with E-state index in [1.807, 2.05) is 24.3 Å². The standard InChI is InChI=1S/C16H22N2/c1-18(12-11-14-5-3-2-4-6-14)16-9-7-15(13-17)8-10-16/h7-10,14H,2-6,11-12H2,1H3. The summed E-state index contributed by atoms with van der Waals surface area (Å²) in [7, 11) is 2.14. The van der Waals surface area contributed by atoms with Crippen molar-refractivity contribution >= 4 is 5.69 Å². The number of rotatable bonds is 4.